The van der Waals surface area contributed by atoms with Crippen molar-refractivity contribution in [3.05, 3.63) is 31.2 Å². The van der Waals surface area contributed by atoms with Crippen LogP contribution in [0.25, 0.3) is 0 Å². The molecule has 0 aromatic heterocycles. The first kappa shape index (κ1) is 11.5. The van der Waals surface area contributed by atoms with Gasteiger partial charge in [0, 0.05) is 0 Å². The molecule has 69 valence electrons. The molecule has 0 rings (SSSR count). The fraction of sp³-hybridized carbons (Fsp3) is 0.583. The Morgan fingerprint density at radius 1 is 1.50 bits per heavy atom. The van der Waals surface area contributed by atoms with Gasteiger partial charge in [0.2, 0.25) is 0 Å². The van der Waals surface area contributed by atoms with E-state index >= 15 is 0 Å². The second kappa shape index (κ2) is 7.15. The summed E-state index contributed by atoms with van der Waals surface area (Å²) in [6, 6.07) is 0. The van der Waals surface area contributed by atoms with Gasteiger partial charge in [0.05, 0.1) is 0 Å². The summed E-state index contributed by atoms with van der Waals surface area (Å²) in [6.45, 7) is 12.0. The summed E-state index contributed by atoms with van der Waals surface area (Å²) in [4.78, 5) is 0. The van der Waals surface area contributed by atoms with Gasteiger partial charge in [-0.05, 0) is 38.5 Å². The minimum absolute atomic E-state index is 0.647. The molecule has 0 aromatic carbocycles. The van der Waals surface area contributed by atoms with Crippen molar-refractivity contribution in [3.8, 4) is 0 Å². The Morgan fingerprint density at radius 3 is 2.67 bits per heavy atom. The van der Waals surface area contributed by atoms with Gasteiger partial charge in [0.15, 0.2) is 0 Å². The van der Waals surface area contributed by atoms with Crippen LogP contribution in [0.5, 0.6) is 0 Å². The van der Waals surface area contributed by atoms with Crippen molar-refractivity contribution in [2.45, 2.75) is 39.5 Å². The molecule has 12 heavy (non-hydrogen) atoms. The van der Waals surface area contributed by atoms with Gasteiger partial charge in [-0.2, -0.15) is 0 Å². The van der Waals surface area contributed by atoms with Crippen molar-refractivity contribution in [2.24, 2.45) is 5.92 Å². The van der Waals surface area contributed by atoms with Crippen LogP contribution in [0.2, 0.25) is 0 Å². The van der Waals surface area contributed by atoms with E-state index in [1.807, 2.05) is 6.08 Å². The summed E-state index contributed by atoms with van der Waals surface area (Å²) in [5.74, 6) is 0.647. The van der Waals surface area contributed by atoms with Crippen molar-refractivity contribution in [1.82, 2.24) is 0 Å². The molecule has 0 nitrogen and oxygen atoms in total. The van der Waals surface area contributed by atoms with Gasteiger partial charge < -0.3 is 0 Å². The standard InChI is InChI=1S/C12H21/c1-5-8-12(4)10-7-9-11(3)6-2/h6,10-11H,1-2,5,7-9H2,3-4H3. The number of hydrogen-bond donors (Lipinski definition) is 0. The third-order valence-electron chi connectivity index (χ3n) is 2.09. The molecule has 0 heteroatoms. The van der Waals surface area contributed by atoms with Crippen LogP contribution in [0.3, 0.4) is 0 Å². The average Bonchev–Trinajstić information content (AvgIpc) is 2.04. The quantitative estimate of drug-likeness (QED) is 0.519. The van der Waals surface area contributed by atoms with E-state index in [-0.39, 0.29) is 0 Å². The van der Waals surface area contributed by atoms with Crippen molar-refractivity contribution in [2.75, 3.05) is 0 Å². The first-order chi connectivity index (χ1) is 5.70. The average molecular weight is 165 g/mol. The second-order valence-electron chi connectivity index (χ2n) is 3.44. The molecule has 0 aliphatic heterocycles. The van der Waals surface area contributed by atoms with Gasteiger partial charge in [-0.25, -0.2) is 0 Å². The SMILES string of the molecule is [CH2]CCC(C)=CCCC(C)C=C. The smallest absolute Gasteiger partial charge is 0.0262 e. The van der Waals surface area contributed by atoms with E-state index in [9.17, 15) is 0 Å². The van der Waals surface area contributed by atoms with Gasteiger partial charge in [0.25, 0.3) is 0 Å². The van der Waals surface area contributed by atoms with Crippen molar-refractivity contribution >= 4 is 0 Å². The van der Waals surface area contributed by atoms with Crippen LogP contribution in [-0.2, 0) is 0 Å². The summed E-state index contributed by atoms with van der Waals surface area (Å²) < 4.78 is 0. The number of hydrogen-bond acceptors (Lipinski definition) is 0. The summed E-state index contributed by atoms with van der Waals surface area (Å²) >= 11 is 0. The Hall–Kier alpha value is -0.520. The molecule has 1 radical (unpaired) electrons. The van der Waals surface area contributed by atoms with E-state index < -0.39 is 0 Å². The van der Waals surface area contributed by atoms with Crippen molar-refractivity contribution < 1.29 is 0 Å². The Labute approximate surface area is 77.4 Å². The van der Waals surface area contributed by atoms with Gasteiger partial charge in [-0.1, -0.05) is 31.6 Å². The monoisotopic (exact) mass is 165 g/mol. The molecule has 0 N–H and O–H groups in total. The lowest BCUT2D eigenvalue weighted by atomic mass is 10.0. The van der Waals surface area contributed by atoms with Crippen molar-refractivity contribution in [3.63, 3.8) is 0 Å². The van der Waals surface area contributed by atoms with Crippen LogP contribution in [0.15, 0.2) is 24.3 Å². The molecule has 1 unspecified atom stereocenters. The molecule has 0 amide bonds. The maximum Gasteiger partial charge on any atom is -0.0262 e. The summed E-state index contributed by atoms with van der Waals surface area (Å²) in [7, 11) is 0. The fourth-order valence-electron chi connectivity index (χ4n) is 1.09. The molecule has 0 aromatic rings. The molecule has 0 bridgehead atoms. The van der Waals surface area contributed by atoms with Crippen LogP contribution in [0, 0.1) is 12.8 Å². The lowest BCUT2D eigenvalue weighted by Gasteiger charge is -2.02. The van der Waals surface area contributed by atoms with E-state index in [0.29, 0.717) is 5.92 Å². The normalized spacial score (nSPS) is 14.4. The van der Waals surface area contributed by atoms with Gasteiger partial charge in [0.1, 0.15) is 0 Å². The Kier molecular flexibility index (Phi) is 6.84. The lowest BCUT2D eigenvalue weighted by Crippen LogP contribution is -1.87. The zero-order chi connectivity index (χ0) is 9.40. The Morgan fingerprint density at radius 2 is 2.17 bits per heavy atom. The first-order valence-electron chi connectivity index (χ1n) is 4.78. The van der Waals surface area contributed by atoms with E-state index in [0.717, 1.165) is 12.8 Å². The van der Waals surface area contributed by atoms with Crippen molar-refractivity contribution in [1.29, 1.82) is 0 Å². The molecule has 0 fully saturated rings. The summed E-state index contributed by atoms with van der Waals surface area (Å²) in [5, 5.41) is 0. The topological polar surface area (TPSA) is 0 Å². The molecule has 0 aliphatic rings. The second-order valence-corrected chi connectivity index (χ2v) is 3.44. The maximum atomic E-state index is 3.83. The highest BCUT2D eigenvalue weighted by molar-refractivity contribution is 4.98. The van der Waals surface area contributed by atoms with Crippen LogP contribution in [-0.4, -0.2) is 0 Å². The zero-order valence-corrected chi connectivity index (χ0v) is 8.47. The predicted octanol–water partition coefficient (Wildman–Crippen LogP) is 4.15. The summed E-state index contributed by atoms with van der Waals surface area (Å²) in [5.41, 5.74) is 1.47. The molecule has 0 saturated carbocycles. The molecule has 0 spiro atoms. The number of rotatable bonds is 6. The molecule has 0 heterocycles. The Bertz CT molecular complexity index is 142. The third kappa shape index (κ3) is 6.21. The summed E-state index contributed by atoms with van der Waals surface area (Å²) in [6.07, 6.45) is 8.90. The maximum absolute atomic E-state index is 3.83. The van der Waals surface area contributed by atoms with Gasteiger partial charge in [-0.3, -0.25) is 0 Å². The minimum atomic E-state index is 0.647. The van der Waals surface area contributed by atoms with Crippen LogP contribution < -0.4 is 0 Å². The highest BCUT2D eigenvalue weighted by atomic mass is 14.0. The fourth-order valence-corrected chi connectivity index (χ4v) is 1.09. The molecule has 0 aliphatic carbocycles. The van der Waals surface area contributed by atoms with Crippen LogP contribution in [0.1, 0.15) is 39.5 Å². The van der Waals surface area contributed by atoms with Crippen LogP contribution in [0.4, 0.5) is 0 Å². The highest BCUT2D eigenvalue weighted by Crippen LogP contribution is 2.10. The minimum Gasteiger partial charge on any atom is -0.103 e. The van der Waals surface area contributed by atoms with E-state index in [1.54, 1.807) is 0 Å². The largest absolute Gasteiger partial charge is 0.103 e. The number of allylic oxidation sites excluding steroid dienone is 3. The first-order valence-corrected chi connectivity index (χ1v) is 4.78. The molecular formula is C12H21. The highest BCUT2D eigenvalue weighted by Gasteiger charge is 1.93. The zero-order valence-electron chi connectivity index (χ0n) is 8.47. The van der Waals surface area contributed by atoms with Gasteiger partial charge >= 0.3 is 0 Å². The van der Waals surface area contributed by atoms with E-state index in [1.165, 1.54) is 18.4 Å². The third-order valence-corrected chi connectivity index (χ3v) is 2.09. The van der Waals surface area contributed by atoms with E-state index in [4.69, 9.17) is 0 Å². The Balaban J connectivity index is 3.51. The van der Waals surface area contributed by atoms with Crippen LogP contribution >= 0.6 is 0 Å². The predicted molar refractivity (Wildman–Crippen MR) is 56.9 cm³/mol. The van der Waals surface area contributed by atoms with Gasteiger partial charge in [-0.15, -0.1) is 6.58 Å². The molecular weight excluding hydrogens is 144 g/mol. The van der Waals surface area contributed by atoms with E-state index in [2.05, 4.69) is 33.4 Å². The molecule has 1 atom stereocenters. The molecule has 0 saturated heterocycles. The lowest BCUT2D eigenvalue weighted by molar-refractivity contribution is 0.656.